The second-order valence-corrected chi connectivity index (χ2v) is 4.61. The molecule has 1 heterocycles. The molecule has 0 atom stereocenters. The Hall–Kier alpha value is -2.49. The third-order valence-corrected chi connectivity index (χ3v) is 3.00. The van der Waals surface area contributed by atoms with Crippen LogP contribution in [0.2, 0.25) is 0 Å². The monoisotopic (exact) mass is 269 g/mol. The molecule has 0 bridgehead atoms. The first-order chi connectivity index (χ1) is 9.56. The zero-order valence-corrected chi connectivity index (χ0v) is 11.2. The number of hydrogen-bond acceptors (Lipinski definition) is 3. The zero-order chi connectivity index (χ0) is 14.5. The van der Waals surface area contributed by atoms with E-state index < -0.39 is 5.97 Å². The van der Waals surface area contributed by atoms with Gasteiger partial charge in [-0.05, 0) is 30.2 Å². The summed E-state index contributed by atoms with van der Waals surface area (Å²) in [6.45, 7) is 2.01. The number of benzene rings is 1. The predicted octanol–water partition coefficient (Wildman–Crippen LogP) is 3.10. The van der Waals surface area contributed by atoms with Gasteiger partial charge in [0.25, 0.3) is 0 Å². The van der Waals surface area contributed by atoms with Gasteiger partial charge in [0.1, 0.15) is 5.69 Å². The molecule has 0 aliphatic carbocycles. The minimum Gasteiger partial charge on any atom is -0.481 e. The molecule has 20 heavy (non-hydrogen) atoms. The highest BCUT2D eigenvalue weighted by atomic mass is 16.4. The Morgan fingerprint density at radius 3 is 2.40 bits per heavy atom. The van der Waals surface area contributed by atoms with E-state index in [2.05, 4.69) is 4.98 Å². The molecule has 0 amide bonds. The van der Waals surface area contributed by atoms with E-state index in [1.165, 1.54) is 5.56 Å². The Morgan fingerprint density at radius 2 is 1.75 bits per heavy atom. The maximum absolute atomic E-state index is 11.9. The summed E-state index contributed by atoms with van der Waals surface area (Å²) in [7, 11) is 0. The number of rotatable bonds is 5. The highest BCUT2D eigenvalue weighted by Crippen LogP contribution is 2.20. The fourth-order valence-electron chi connectivity index (χ4n) is 1.86. The Labute approximate surface area is 117 Å². The van der Waals surface area contributed by atoms with Crippen LogP contribution in [-0.4, -0.2) is 21.8 Å². The van der Waals surface area contributed by atoms with Gasteiger partial charge in [0.2, 0.25) is 0 Å². The molecule has 4 heteroatoms. The van der Waals surface area contributed by atoms with Crippen LogP contribution >= 0.6 is 0 Å². The number of carboxylic acid groups (broad SMARTS) is 1. The van der Waals surface area contributed by atoms with Gasteiger partial charge in [-0.15, -0.1) is 0 Å². The van der Waals surface area contributed by atoms with Gasteiger partial charge in [-0.3, -0.25) is 14.6 Å². The van der Waals surface area contributed by atoms with Crippen LogP contribution in [0.25, 0.3) is 11.1 Å². The highest BCUT2D eigenvalue weighted by Gasteiger charge is 2.10. The minimum atomic E-state index is -0.979. The molecule has 0 saturated heterocycles. The Morgan fingerprint density at radius 1 is 1.05 bits per heavy atom. The summed E-state index contributed by atoms with van der Waals surface area (Å²) < 4.78 is 0. The first-order valence-corrected chi connectivity index (χ1v) is 6.34. The first kappa shape index (κ1) is 13.9. The fourth-order valence-corrected chi connectivity index (χ4v) is 1.86. The summed E-state index contributed by atoms with van der Waals surface area (Å²) in [5.74, 6) is -1.23. The first-order valence-electron chi connectivity index (χ1n) is 6.34. The summed E-state index contributed by atoms with van der Waals surface area (Å²) >= 11 is 0. The van der Waals surface area contributed by atoms with Crippen LogP contribution in [0.1, 0.15) is 28.9 Å². The van der Waals surface area contributed by atoms with E-state index in [-0.39, 0.29) is 18.6 Å². The second-order valence-electron chi connectivity index (χ2n) is 4.61. The molecule has 0 aliphatic rings. The standard InChI is InChI=1S/C16H15NO3/c1-11-2-4-12(5-3-11)13-8-9-17-14(10-13)15(18)6-7-16(19)20/h2-5,8-10H,6-7H2,1H3,(H,19,20). The molecular formula is C16H15NO3. The molecule has 0 radical (unpaired) electrons. The third-order valence-electron chi connectivity index (χ3n) is 3.00. The predicted molar refractivity (Wildman–Crippen MR) is 75.6 cm³/mol. The lowest BCUT2D eigenvalue weighted by molar-refractivity contribution is -0.136. The summed E-state index contributed by atoms with van der Waals surface area (Å²) in [6.07, 6.45) is 1.37. The van der Waals surface area contributed by atoms with Crippen molar-refractivity contribution in [3.05, 3.63) is 53.9 Å². The van der Waals surface area contributed by atoms with Gasteiger partial charge in [0.05, 0.1) is 6.42 Å². The molecule has 0 spiro atoms. The third kappa shape index (κ3) is 3.51. The van der Waals surface area contributed by atoms with Crippen molar-refractivity contribution >= 4 is 11.8 Å². The van der Waals surface area contributed by atoms with Crippen LogP contribution in [0.15, 0.2) is 42.6 Å². The van der Waals surface area contributed by atoms with Crippen LogP contribution in [0.5, 0.6) is 0 Å². The molecule has 0 saturated carbocycles. The number of aryl methyl sites for hydroxylation is 1. The van der Waals surface area contributed by atoms with Crippen molar-refractivity contribution in [2.75, 3.05) is 0 Å². The van der Waals surface area contributed by atoms with E-state index in [4.69, 9.17) is 5.11 Å². The number of carbonyl (C=O) groups is 2. The lowest BCUT2D eigenvalue weighted by Gasteiger charge is -2.04. The average Bonchev–Trinajstić information content (AvgIpc) is 2.45. The van der Waals surface area contributed by atoms with Gasteiger partial charge < -0.3 is 5.11 Å². The Balaban J connectivity index is 2.21. The van der Waals surface area contributed by atoms with E-state index in [0.717, 1.165) is 11.1 Å². The fraction of sp³-hybridized carbons (Fsp3) is 0.188. The van der Waals surface area contributed by atoms with E-state index in [0.29, 0.717) is 5.69 Å². The molecule has 2 rings (SSSR count). The van der Waals surface area contributed by atoms with E-state index in [1.807, 2.05) is 37.3 Å². The summed E-state index contributed by atoms with van der Waals surface area (Å²) in [5.41, 5.74) is 3.38. The molecule has 1 N–H and O–H groups in total. The maximum Gasteiger partial charge on any atom is 0.303 e. The molecule has 1 aromatic carbocycles. The number of nitrogens with zero attached hydrogens (tertiary/aromatic N) is 1. The number of hydrogen-bond donors (Lipinski definition) is 1. The highest BCUT2D eigenvalue weighted by molar-refractivity contribution is 5.96. The van der Waals surface area contributed by atoms with Gasteiger partial charge in [0.15, 0.2) is 5.78 Å². The molecule has 1 aromatic heterocycles. The summed E-state index contributed by atoms with van der Waals surface area (Å²) in [4.78, 5) is 26.4. The quantitative estimate of drug-likeness (QED) is 0.847. The van der Waals surface area contributed by atoms with Crippen molar-refractivity contribution in [2.24, 2.45) is 0 Å². The molecule has 2 aromatic rings. The summed E-state index contributed by atoms with van der Waals surface area (Å²) in [6, 6.07) is 11.5. The topological polar surface area (TPSA) is 67.3 Å². The Kier molecular flexibility index (Phi) is 4.25. The SMILES string of the molecule is Cc1ccc(-c2ccnc(C(=O)CCC(=O)O)c2)cc1. The van der Waals surface area contributed by atoms with Crippen LogP contribution in [0.3, 0.4) is 0 Å². The van der Waals surface area contributed by atoms with Gasteiger partial charge in [-0.1, -0.05) is 29.8 Å². The Bertz CT molecular complexity index is 632. The van der Waals surface area contributed by atoms with Crippen LogP contribution in [-0.2, 0) is 4.79 Å². The lowest BCUT2D eigenvalue weighted by Crippen LogP contribution is -2.05. The van der Waals surface area contributed by atoms with Crippen LogP contribution in [0.4, 0.5) is 0 Å². The zero-order valence-electron chi connectivity index (χ0n) is 11.2. The van der Waals surface area contributed by atoms with Crippen molar-refractivity contribution in [1.29, 1.82) is 0 Å². The number of pyridine rings is 1. The molecule has 4 nitrogen and oxygen atoms in total. The van der Waals surface area contributed by atoms with Crippen LogP contribution in [0, 0.1) is 6.92 Å². The minimum absolute atomic E-state index is 0.0281. The number of carbonyl (C=O) groups excluding carboxylic acids is 1. The van der Waals surface area contributed by atoms with E-state index in [1.54, 1.807) is 12.3 Å². The second kappa shape index (κ2) is 6.10. The summed E-state index contributed by atoms with van der Waals surface area (Å²) in [5, 5.41) is 8.60. The molecular weight excluding hydrogens is 254 g/mol. The van der Waals surface area contributed by atoms with Gasteiger partial charge in [-0.25, -0.2) is 0 Å². The number of carboxylic acids is 1. The van der Waals surface area contributed by atoms with Gasteiger partial charge >= 0.3 is 5.97 Å². The smallest absolute Gasteiger partial charge is 0.303 e. The number of aliphatic carboxylic acids is 1. The average molecular weight is 269 g/mol. The molecule has 102 valence electrons. The largest absolute Gasteiger partial charge is 0.481 e. The van der Waals surface area contributed by atoms with Crippen molar-refractivity contribution in [3.63, 3.8) is 0 Å². The van der Waals surface area contributed by atoms with E-state index in [9.17, 15) is 9.59 Å². The van der Waals surface area contributed by atoms with Crippen molar-refractivity contribution in [1.82, 2.24) is 4.98 Å². The number of aromatic nitrogens is 1. The van der Waals surface area contributed by atoms with Gasteiger partial charge in [0, 0.05) is 12.6 Å². The van der Waals surface area contributed by atoms with E-state index >= 15 is 0 Å². The lowest BCUT2D eigenvalue weighted by atomic mass is 10.0. The van der Waals surface area contributed by atoms with Crippen molar-refractivity contribution < 1.29 is 14.7 Å². The van der Waals surface area contributed by atoms with Crippen LogP contribution < -0.4 is 0 Å². The van der Waals surface area contributed by atoms with Crippen molar-refractivity contribution in [3.8, 4) is 11.1 Å². The van der Waals surface area contributed by atoms with Crippen molar-refractivity contribution in [2.45, 2.75) is 19.8 Å². The maximum atomic E-state index is 11.9. The normalized spacial score (nSPS) is 10.2. The molecule has 0 aliphatic heterocycles. The number of ketones is 1. The molecule has 0 fully saturated rings. The van der Waals surface area contributed by atoms with Gasteiger partial charge in [-0.2, -0.15) is 0 Å². The molecule has 0 unspecified atom stereocenters. The number of Topliss-reactive ketones (excluding diaryl/α,β-unsaturated/α-hetero) is 1.